The Balaban J connectivity index is 1.76. The molecule has 0 radical (unpaired) electrons. The Morgan fingerprint density at radius 2 is 1.65 bits per heavy atom. The molecule has 13 nitrogen and oxygen atoms in total. The molecule has 2 amide bonds. The molecule has 0 saturated carbocycles. The lowest BCUT2D eigenvalue weighted by molar-refractivity contribution is 0.0303. The third-order valence-corrected chi connectivity index (χ3v) is 9.58. The number of pyridine rings is 2. The molecule has 55 heavy (non-hydrogen) atoms. The van der Waals surface area contributed by atoms with Gasteiger partial charge in [-0.05, 0) is 78.2 Å². The van der Waals surface area contributed by atoms with Crippen LogP contribution >= 0.6 is 23.2 Å². The van der Waals surface area contributed by atoms with Gasteiger partial charge in [-0.1, -0.05) is 29.8 Å². The molecule has 1 aliphatic rings. The van der Waals surface area contributed by atoms with Gasteiger partial charge in [0.1, 0.15) is 22.9 Å². The van der Waals surface area contributed by atoms with Gasteiger partial charge >= 0.3 is 6.09 Å². The minimum absolute atomic E-state index is 0.0249. The van der Waals surface area contributed by atoms with Crippen molar-refractivity contribution >= 4 is 63.4 Å². The van der Waals surface area contributed by atoms with Crippen molar-refractivity contribution in [2.45, 2.75) is 39.3 Å². The maximum atomic E-state index is 14.6. The summed E-state index contributed by atoms with van der Waals surface area (Å²) in [5.74, 6) is -0.235. The summed E-state index contributed by atoms with van der Waals surface area (Å²) in [7, 11) is 6.76. The van der Waals surface area contributed by atoms with E-state index in [2.05, 4.69) is 11.6 Å². The maximum Gasteiger partial charge on any atom is 0.420 e. The Kier molecular flexibility index (Phi) is 12.9. The van der Waals surface area contributed by atoms with Crippen LogP contribution in [0.5, 0.6) is 11.5 Å². The van der Waals surface area contributed by atoms with Gasteiger partial charge in [-0.2, -0.15) is 0 Å². The summed E-state index contributed by atoms with van der Waals surface area (Å²) >= 11 is 13.6. The van der Waals surface area contributed by atoms with Gasteiger partial charge < -0.3 is 33.3 Å². The van der Waals surface area contributed by atoms with Gasteiger partial charge in [0.25, 0.3) is 11.5 Å². The van der Waals surface area contributed by atoms with Crippen molar-refractivity contribution in [3.63, 3.8) is 0 Å². The summed E-state index contributed by atoms with van der Waals surface area (Å²) in [6.45, 7) is 11.3. The highest BCUT2D eigenvalue weighted by Crippen LogP contribution is 2.45. The molecular weight excluding hydrogens is 749 g/mol. The Hall–Kier alpha value is -4.95. The van der Waals surface area contributed by atoms with E-state index in [1.54, 1.807) is 54.5 Å². The number of methoxy groups -OCH3 is 2. The Bertz CT molecular complexity index is 2160. The van der Waals surface area contributed by atoms with Crippen LogP contribution in [0.15, 0.2) is 60.0 Å². The molecular formula is C40H45Cl2N5O8. The number of allylic oxidation sites excluding steroid dienone is 1. The summed E-state index contributed by atoms with van der Waals surface area (Å²) in [6, 6.07) is 9.25. The number of benzene rings is 2. The number of morpholine rings is 1. The van der Waals surface area contributed by atoms with Crippen LogP contribution in [0, 0.1) is 0 Å². The van der Waals surface area contributed by atoms with Crippen LogP contribution in [0.4, 0.5) is 16.3 Å². The topological polar surface area (TPSA) is 133 Å². The number of rotatable bonds is 12. The second-order valence-corrected chi connectivity index (χ2v) is 14.8. The predicted molar refractivity (Wildman–Crippen MR) is 214 cm³/mol. The van der Waals surface area contributed by atoms with E-state index in [9.17, 15) is 19.2 Å². The first-order valence-electron chi connectivity index (χ1n) is 17.6. The van der Waals surface area contributed by atoms with Gasteiger partial charge in [-0.15, -0.1) is 0 Å². The molecule has 0 N–H and O–H groups in total. The fourth-order valence-electron chi connectivity index (χ4n) is 6.20. The summed E-state index contributed by atoms with van der Waals surface area (Å²) in [4.78, 5) is 65.2. The van der Waals surface area contributed by atoms with Crippen molar-refractivity contribution < 1.29 is 33.3 Å². The number of hydrogen-bond acceptors (Lipinski definition) is 10. The molecule has 1 saturated heterocycles. The molecule has 0 bridgehead atoms. The van der Waals surface area contributed by atoms with Crippen molar-refractivity contribution in [1.29, 1.82) is 0 Å². The zero-order valence-electron chi connectivity index (χ0n) is 32.0. The lowest BCUT2D eigenvalue weighted by Gasteiger charge is -2.29. The number of aromatic nitrogens is 2. The summed E-state index contributed by atoms with van der Waals surface area (Å²) < 4.78 is 23.8. The number of hydrogen-bond donors (Lipinski definition) is 0. The first-order chi connectivity index (χ1) is 26.1. The van der Waals surface area contributed by atoms with E-state index in [-0.39, 0.29) is 67.8 Å². The third kappa shape index (κ3) is 8.97. The van der Waals surface area contributed by atoms with Crippen LogP contribution in [-0.2, 0) is 16.0 Å². The number of amides is 2. The number of fused-ring (bicyclic) bond motifs is 1. The molecule has 2 aromatic heterocycles. The van der Waals surface area contributed by atoms with Gasteiger partial charge in [0, 0.05) is 60.0 Å². The van der Waals surface area contributed by atoms with Crippen LogP contribution in [-0.4, -0.2) is 104 Å². The van der Waals surface area contributed by atoms with Crippen molar-refractivity contribution in [2.75, 3.05) is 66.1 Å². The average Bonchev–Trinajstić information content (AvgIpc) is 3.15. The quantitative estimate of drug-likeness (QED) is 0.107. The number of aryl methyl sites for hydroxylation is 1. The predicted octanol–water partition coefficient (Wildman–Crippen LogP) is 7.25. The van der Waals surface area contributed by atoms with Gasteiger partial charge in [-0.25, -0.2) is 14.7 Å². The second-order valence-electron chi connectivity index (χ2n) is 14.1. The molecule has 4 aromatic rings. The van der Waals surface area contributed by atoms with Crippen LogP contribution in [0.2, 0.25) is 10.0 Å². The van der Waals surface area contributed by atoms with E-state index in [1.807, 2.05) is 19.0 Å². The van der Waals surface area contributed by atoms with Gasteiger partial charge in [-0.3, -0.25) is 14.4 Å². The minimum atomic E-state index is -0.944. The van der Waals surface area contributed by atoms with Crippen LogP contribution in [0.25, 0.3) is 22.0 Å². The van der Waals surface area contributed by atoms with Crippen molar-refractivity contribution in [3.05, 3.63) is 86.8 Å². The van der Waals surface area contributed by atoms with Crippen molar-refractivity contribution in [3.8, 4) is 22.6 Å². The van der Waals surface area contributed by atoms with Crippen LogP contribution < -0.4 is 19.9 Å². The fraction of sp³-hybridized carbons (Fsp3) is 0.375. The normalized spacial score (nSPS) is 13.2. The third-order valence-electron chi connectivity index (χ3n) is 8.83. The molecule has 1 fully saturated rings. The molecule has 0 unspecified atom stereocenters. The maximum absolute atomic E-state index is 14.6. The number of ketones is 1. The number of ether oxygens (including phenoxy) is 4. The molecule has 0 aliphatic carbocycles. The number of anilines is 2. The Morgan fingerprint density at radius 1 is 1.00 bits per heavy atom. The van der Waals surface area contributed by atoms with Crippen LogP contribution in [0.1, 0.15) is 47.9 Å². The second kappa shape index (κ2) is 17.2. The van der Waals surface area contributed by atoms with Gasteiger partial charge in [0.05, 0.1) is 54.2 Å². The van der Waals surface area contributed by atoms with Gasteiger partial charge in [0.2, 0.25) is 0 Å². The molecule has 292 valence electrons. The molecule has 15 heteroatoms. The molecule has 0 spiro atoms. The Morgan fingerprint density at radius 3 is 2.24 bits per heavy atom. The zero-order chi connectivity index (χ0) is 40.2. The highest BCUT2D eigenvalue weighted by molar-refractivity contribution is 6.41. The van der Waals surface area contributed by atoms with Crippen LogP contribution in [0.3, 0.4) is 0 Å². The van der Waals surface area contributed by atoms with E-state index in [0.717, 1.165) is 11.0 Å². The number of halogens is 2. The first kappa shape index (κ1) is 41.2. The number of nitrogens with zero attached hydrogens (tertiary/aromatic N) is 5. The zero-order valence-corrected chi connectivity index (χ0v) is 33.5. The Labute approximate surface area is 329 Å². The van der Waals surface area contributed by atoms with Gasteiger partial charge in [0.15, 0.2) is 5.78 Å². The lowest BCUT2D eigenvalue weighted by Crippen LogP contribution is -2.40. The minimum Gasteiger partial charge on any atom is -0.495 e. The molecule has 0 atom stereocenters. The monoisotopic (exact) mass is 793 g/mol. The standard InChI is InChI=1S/C40H45Cl2N5O8/c1-9-30(48)26-19-24(37(49)45-15-17-54-18-16-45)11-12-28(26)47(39(51)55-40(2,3)4)33-21-29-25(23-43-33)20-27(38(50)46(29)14-10-13-44(5)6)34-35(41)31(52-7)22-32(53-8)36(34)42/h9,11-12,19-23H,1,10,13-18H2,2-8H3. The summed E-state index contributed by atoms with van der Waals surface area (Å²) in [6.07, 6.45) is 2.36. The van der Waals surface area contributed by atoms with E-state index in [4.69, 9.17) is 42.1 Å². The molecule has 3 heterocycles. The van der Waals surface area contributed by atoms with E-state index in [1.165, 1.54) is 32.5 Å². The summed E-state index contributed by atoms with van der Waals surface area (Å²) in [5.41, 5.74) is -0.139. The molecule has 1 aliphatic heterocycles. The summed E-state index contributed by atoms with van der Waals surface area (Å²) in [5, 5.41) is 0.774. The SMILES string of the molecule is C=CC(=O)c1cc(C(=O)N2CCOCC2)ccc1N(C(=O)OC(C)(C)C)c1cc2c(cn1)cc(-c1c(Cl)c(OC)cc(OC)c1Cl)c(=O)n2CCCN(C)C. The van der Waals surface area contributed by atoms with Crippen molar-refractivity contribution in [1.82, 2.24) is 19.4 Å². The highest BCUT2D eigenvalue weighted by atomic mass is 35.5. The lowest BCUT2D eigenvalue weighted by atomic mass is 10.0. The van der Waals surface area contributed by atoms with E-state index in [0.29, 0.717) is 50.2 Å². The fourth-order valence-corrected chi connectivity index (χ4v) is 6.90. The molecule has 2 aromatic carbocycles. The van der Waals surface area contributed by atoms with E-state index < -0.39 is 23.0 Å². The largest absolute Gasteiger partial charge is 0.495 e. The van der Waals surface area contributed by atoms with Crippen molar-refractivity contribution in [2.24, 2.45) is 0 Å². The average molecular weight is 795 g/mol. The number of carbonyl (C=O) groups is 3. The highest BCUT2D eigenvalue weighted by Gasteiger charge is 2.31. The first-order valence-corrected chi connectivity index (χ1v) is 18.3. The molecule has 5 rings (SSSR count). The number of carbonyl (C=O) groups excluding carboxylic acids is 3. The smallest absolute Gasteiger partial charge is 0.420 e. The van der Waals surface area contributed by atoms with E-state index >= 15 is 0 Å².